The summed E-state index contributed by atoms with van der Waals surface area (Å²) in [5.74, 6) is 0.733. The van der Waals surface area contributed by atoms with E-state index in [0.29, 0.717) is 12.3 Å². The number of nitrogens with zero attached hydrogens (tertiary/aromatic N) is 1. The summed E-state index contributed by atoms with van der Waals surface area (Å²) in [5.41, 5.74) is 5.93. The van der Waals surface area contributed by atoms with Crippen molar-refractivity contribution in [3.8, 4) is 0 Å². The fourth-order valence-corrected chi connectivity index (χ4v) is 1.32. The molecule has 0 aromatic rings. The van der Waals surface area contributed by atoms with E-state index in [4.69, 9.17) is 5.73 Å². The topological polar surface area (TPSA) is 46.3 Å². The van der Waals surface area contributed by atoms with E-state index in [2.05, 4.69) is 20.8 Å². The van der Waals surface area contributed by atoms with Crippen molar-refractivity contribution in [2.45, 2.75) is 52.5 Å². The first-order valence-corrected chi connectivity index (χ1v) is 5.98. The molecule has 90 valence electrons. The molecule has 1 atom stereocenters. The molecule has 0 aromatic carbocycles. The zero-order valence-electron chi connectivity index (χ0n) is 10.6. The summed E-state index contributed by atoms with van der Waals surface area (Å²) in [6.07, 6.45) is 3.63. The van der Waals surface area contributed by atoms with Crippen LogP contribution in [0.2, 0.25) is 0 Å². The molecule has 0 aliphatic heterocycles. The van der Waals surface area contributed by atoms with Gasteiger partial charge in [-0.05, 0) is 18.8 Å². The second kappa shape index (κ2) is 7.69. The highest BCUT2D eigenvalue weighted by atomic mass is 16.2. The molecule has 0 aliphatic carbocycles. The van der Waals surface area contributed by atoms with Gasteiger partial charge >= 0.3 is 0 Å². The highest BCUT2D eigenvalue weighted by molar-refractivity contribution is 5.75. The van der Waals surface area contributed by atoms with Gasteiger partial charge in [-0.15, -0.1) is 0 Å². The van der Waals surface area contributed by atoms with Crippen LogP contribution < -0.4 is 5.73 Å². The van der Waals surface area contributed by atoms with Crippen molar-refractivity contribution in [3.63, 3.8) is 0 Å². The Hall–Kier alpha value is -0.570. The molecule has 0 radical (unpaired) electrons. The molecule has 0 heterocycles. The summed E-state index contributed by atoms with van der Waals surface area (Å²) in [4.78, 5) is 13.4. The number of carbonyl (C=O) groups is 1. The van der Waals surface area contributed by atoms with Crippen LogP contribution in [0.25, 0.3) is 0 Å². The zero-order valence-corrected chi connectivity index (χ0v) is 10.6. The maximum absolute atomic E-state index is 11.6. The molecular weight excluding hydrogens is 188 g/mol. The van der Waals surface area contributed by atoms with Crippen LogP contribution in [0.5, 0.6) is 0 Å². The first-order chi connectivity index (χ1) is 6.99. The molecule has 0 saturated heterocycles. The molecule has 0 rings (SSSR count). The lowest BCUT2D eigenvalue weighted by molar-refractivity contribution is -0.130. The minimum absolute atomic E-state index is 0.200. The van der Waals surface area contributed by atoms with Crippen LogP contribution in [-0.4, -0.2) is 30.4 Å². The maximum Gasteiger partial charge on any atom is 0.222 e. The Morgan fingerprint density at radius 1 is 1.40 bits per heavy atom. The predicted molar refractivity (Wildman–Crippen MR) is 64.6 cm³/mol. The van der Waals surface area contributed by atoms with E-state index in [-0.39, 0.29) is 11.9 Å². The summed E-state index contributed by atoms with van der Waals surface area (Å²) in [6, 6.07) is 0.200. The molecule has 3 heteroatoms. The smallest absolute Gasteiger partial charge is 0.222 e. The fourth-order valence-electron chi connectivity index (χ4n) is 1.32. The molecule has 1 amide bonds. The van der Waals surface area contributed by atoms with Crippen LogP contribution in [0.1, 0.15) is 46.5 Å². The van der Waals surface area contributed by atoms with Gasteiger partial charge in [0.1, 0.15) is 0 Å². The van der Waals surface area contributed by atoms with E-state index in [1.54, 1.807) is 4.90 Å². The Balaban J connectivity index is 3.72. The standard InChI is InChI=1S/C12H26N2O/c1-5-6-7-12(15)14(4)9-8-11(13)10(2)3/h10-11H,5-9,13H2,1-4H3. The van der Waals surface area contributed by atoms with Gasteiger partial charge in [0.2, 0.25) is 5.91 Å². The lowest BCUT2D eigenvalue weighted by Gasteiger charge is -2.21. The molecular formula is C12H26N2O. The Morgan fingerprint density at radius 2 is 2.00 bits per heavy atom. The van der Waals surface area contributed by atoms with Crippen LogP contribution >= 0.6 is 0 Å². The average Bonchev–Trinajstić information content (AvgIpc) is 2.21. The highest BCUT2D eigenvalue weighted by Gasteiger charge is 2.11. The second-order valence-corrected chi connectivity index (χ2v) is 4.62. The molecule has 0 spiro atoms. The van der Waals surface area contributed by atoms with Crippen LogP contribution in [0.15, 0.2) is 0 Å². The first-order valence-electron chi connectivity index (χ1n) is 5.98. The number of amides is 1. The minimum Gasteiger partial charge on any atom is -0.346 e. The lowest BCUT2D eigenvalue weighted by atomic mass is 10.0. The number of unbranched alkanes of at least 4 members (excludes halogenated alkanes) is 1. The van der Waals surface area contributed by atoms with Gasteiger partial charge in [-0.25, -0.2) is 0 Å². The molecule has 15 heavy (non-hydrogen) atoms. The van der Waals surface area contributed by atoms with Crippen molar-refractivity contribution in [1.29, 1.82) is 0 Å². The van der Waals surface area contributed by atoms with E-state index < -0.39 is 0 Å². The third-order valence-corrected chi connectivity index (χ3v) is 2.82. The second-order valence-electron chi connectivity index (χ2n) is 4.62. The van der Waals surface area contributed by atoms with Crippen LogP contribution in [0, 0.1) is 5.92 Å². The monoisotopic (exact) mass is 214 g/mol. The van der Waals surface area contributed by atoms with E-state index >= 15 is 0 Å². The van der Waals surface area contributed by atoms with Crippen LogP contribution in [0.3, 0.4) is 0 Å². The summed E-state index contributed by atoms with van der Waals surface area (Å²) in [7, 11) is 1.87. The van der Waals surface area contributed by atoms with Crippen molar-refractivity contribution in [1.82, 2.24) is 4.90 Å². The van der Waals surface area contributed by atoms with E-state index in [0.717, 1.165) is 25.8 Å². The quantitative estimate of drug-likeness (QED) is 0.704. The highest BCUT2D eigenvalue weighted by Crippen LogP contribution is 2.05. The normalized spacial score (nSPS) is 12.9. The van der Waals surface area contributed by atoms with Crippen molar-refractivity contribution < 1.29 is 4.79 Å². The van der Waals surface area contributed by atoms with Crippen LogP contribution in [-0.2, 0) is 4.79 Å². The Morgan fingerprint density at radius 3 is 2.47 bits per heavy atom. The number of hydrogen-bond donors (Lipinski definition) is 1. The minimum atomic E-state index is 0.200. The number of hydrogen-bond acceptors (Lipinski definition) is 2. The third kappa shape index (κ3) is 6.50. The Bertz CT molecular complexity index is 180. The predicted octanol–water partition coefficient (Wildman–Crippen LogP) is 2.01. The van der Waals surface area contributed by atoms with E-state index in [1.165, 1.54) is 0 Å². The van der Waals surface area contributed by atoms with Gasteiger partial charge < -0.3 is 10.6 Å². The number of rotatable bonds is 7. The molecule has 0 fully saturated rings. The molecule has 0 saturated carbocycles. The molecule has 2 N–H and O–H groups in total. The lowest BCUT2D eigenvalue weighted by Crippen LogP contribution is -2.34. The van der Waals surface area contributed by atoms with Gasteiger partial charge in [0.05, 0.1) is 0 Å². The van der Waals surface area contributed by atoms with Gasteiger partial charge in [0, 0.05) is 26.1 Å². The van der Waals surface area contributed by atoms with Gasteiger partial charge in [0.15, 0.2) is 0 Å². The largest absolute Gasteiger partial charge is 0.346 e. The summed E-state index contributed by atoms with van der Waals surface area (Å²) >= 11 is 0. The van der Waals surface area contributed by atoms with E-state index in [1.807, 2.05) is 7.05 Å². The molecule has 0 bridgehead atoms. The molecule has 0 aromatic heterocycles. The Labute approximate surface area is 94.0 Å². The summed E-state index contributed by atoms with van der Waals surface area (Å²) < 4.78 is 0. The van der Waals surface area contributed by atoms with E-state index in [9.17, 15) is 4.79 Å². The fraction of sp³-hybridized carbons (Fsp3) is 0.917. The molecule has 1 unspecified atom stereocenters. The average molecular weight is 214 g/mol. The molecule has 3 nitrogen and oxygen atoms in total. The maximum atomic E-state index is 11.6. The van der Waals surface area contributed by atoms with Crippen molar-refractivity contribution in [2.75, 3.05) is 13.6 Å². The zero-order chi connectivity index (χ0) is 11.8. The van der Waals surface area contributed by atoms with Gasteiger partial charge in [-0.2, -0.15) is 0 Å². The number of carbonyl (C=O) groups excluding carboxylic acids is 1. The number of nitrogens with two attached hydrogens (primary N) is 1. The SMILES string of the molecule is CCCCC(=O)N(C)CCC(N)C(C)C. The van der Waals surface area contributed by atoms with Crippen molar-refractivity contribution in [3.05, 3.63) is 0 Å². The summed E-state index contributed by atoms with van der Waals surface area (Å²) in [6.45, 7) is 7.11. The summed E-state index contributed by atoms with van der Waals surface area (Å²) in [5, 5.41) is 0. The van der Waals surface area contributed by atoms with Crippen molar-refractivity contribution >= 4 is 5.91 Å². The Kier molecular flexibility index (Phi) is 7.39. The third-order valence-electron chi connectivity index (χ3n) is 2.82. The van der Waals surface area contributed by atoms with Crippen molar-refractivity contribution in [2.24, 2.45) is 11.7 Å². The van der Waals surface area contributed by atoms with Gasteiger partial charge in [-0.3, -0.25) is 4.79 Å². The van der Waals surface area contributed by atoms with Crippen LogP contribution in [0.4, 0.5) is 0 Å². The molecule has 0 aliphatic rings. The van der Waals surface area contributed by atoms with Gasteiger partial charge in [-0.1, -0.05) is 27.2 Å². The van der Waals surface area contributed by atoms with Gasteiger partial charge in [0.25, 0.3) is 0 Å². The first kappa shape index (κ1) is 14.4.